The zero-order valence-electron chi connectivity index (χ0n) is 9.62. The molecule has 0 aromatic heterocycles. The number of rotatable bonds is 4. The fourth-order valence-electron chi connectivity index (χ4n) is 2.38. The van der Waals surface area contributed by atoms with E-state index in [0.29, 0.717) is 16.5 Å². The van der Waals surface area contributed by atoms with Gasteiger partial charge in [0.1, 0.15) is 5.54 Å². The van der Waals surface area contributed by atoms with Gasteiger partial charge in [0.05, 0.1) is 6.07 Å². The van der Waals surface area contributed by atoms with E-state index in [1.54, 1.807) is 0 Å². The van der Waals surface area contributed by atoms with E-state index < -0.39 is 0 Å². The van der Waals surface area contributed by atoms with Crippen LogP contribution in [0.5, 0.6) is 0 Å². The van der Waals surface area contributed by atoms with Gasteiger partial charge < -0.3 is 0 Å². The highest BCUT2D eigenvalue weighted by molar-refractivity contribution is 8.00. The van der Waals surface area contributed by atoms with Crippen LogP contribution in [0.3, 0.4) is 0 Å². The number of hydrogen-bond acceptors (Lipinski definition) is 3. The van der Waals surface area contributed by atoms with Crippen LogP contribution in [-0.2, 0) is 0 Å². The minimum absolute atomic E-state index is 0.187. The molecule has 2 nitrogen and oxygen atoms in total. The highest BCUT2D eigenvalue weighted by Crippen LogP contribution is 2.40. The number of nitrogens with zero attached hydrogens (tertiary/aromatic N) is 1. The summed E-state index contributed by atoms with van der Waals surface area (Å²) in [5, 5.41) is 14.2. The Morgan fingerprint density at radius 2 is 2.13 bits per heavy atom. The molecule has 0 radical (unpaired) electrons. The Morgan fingerprint density at radius 3 is 2.67 bits per heavy atom. The first-order chi connectivity index (χ1) is 7.13. The summed E-state index contributed by atoms with van der Waals surface area (Å²) < 4.78 is 0. The van der Waals surface area contributed by atoms with Crippen molar-refractivity contribution < 1.29 is 0 Å². The lowest BCUT2D eigenvalue weighted by molar-refractivity contribution is 0.420. The molecule has 0 aromatic carbocycles. The third-order valence-electron chi connectivity index (χ3n) is 3.21. The summed E-state index contributed by atoms with van der Waals surface area (Å²) in [7, 11) is 0. The second kappa shape index (κ2) is 4.35. The fraction of sp³-hybridized carbons (Fsp3) is 0.917. The first-order valence-electron chi connectivity index (χ1n) is 5.98. The van der Waals surface area contributed by atoms with E-state index in [1.807, 2.05) is 11.8 Å². The van der Waals surface area contributed by atoms with E-state index in [4.69, 9.17) is 0 Å². The van der Waals surface area contributed by atoms with E-state index >= 15 is 0 Å². The molecule has 1 N–H and O–H groups in total. The van der Waals surface area contributed by atoms with Crippen molar-refractivity contribution in [3.05, 3.63) is 0 Å². The molecular weight excluding hydrogens is 204 g/mol. The highest BCUT2D eigenvalue weighted by atomic mass is 32.2. The largest absolute Gasteiger partial charge is 0.297 e. The van der Waals surface area contributed by atoms with Crippen LogP contribution < -0.4 is 5.32 Å². The summed E-state index contributed by atoms with van der Waals surface area (Å²) >= 11 is 2.04. The normalized spacial score (nSPS) is 35.7. The lowest BCUT2D eigenvalue weighted by Gasteiger charge is -2.23. The van der Waals surface area contributed by atoms with Crippen molar-refractivity contribution in [2.75, 3.05) is 0 Å². The SMILES string of the molecule is CC(C)SC1CCC(C#N)(NC2CC2)C1. The molecule has 0 spiro atoms. The third-order valence-corrected chi connectivity index (χ3v) is 4.54. The smallest absolute Gasteiger partial charge is 0.108 e. The van der Waals surface area contributed by atoms with Gasteiger partial charge in [-0.15, -0.1) is 0 Å². The van der Waals surface area contributed by atoms with E-state index in [-0.39, 0.29) is 5.54 Å². The van der Waals surface area contributed by atoms with Crippen LogP contribution in [0.1, 0.15) is 46.0 Å². The van der Waals surface area contributed by atoms with E-state index in [1.165, 1.54) is 19.3 Å². The van der Waals surface area contributed by atoms with Gasteiger partial charge in [0.25, 0.3) is 0 Å². The molecule has 0 aliphatic heterocycles. The average molecular weight is 224 g/mol. The average Bonchev–Trinajstić information content (AvgIpc) is 2.88. The summed E-state index contributed by atoms with van der Waals surface area (Å²) in [5.41, 5.74) is -0.187. The first-order valence-corrected chi connectivity index (χ1v) is 6.92. The highest BCUT2D eigenvalue weighted by Gasteiger charge is 2.42. The summed E-state index contributed by atoms with van der Waals surface area (Å²) in [6.07, 6.45) is 5.83. The molecule has 0 aromatic rings. The molecule has 3 heteroatoms. The predicted molar refractivity (Wildman–Crippen MR) is 64.9 cm³/mol. The second-order valence-corrected chi connectivity index (χ2v) is 7.04. The molecule has 2 atom stereocenters. The maximum atomic E-state index is 9.32. The van der Waals surface area contributed by atoms with Crippen molar-refractivity contribution in [2.24, 2.45) is 0 Å². The zero-order valence-corrected chi connectivity index (χ0v) is 10.4. The van der Waals surface area contributed by atoms with Gasteiger partial charge in [-0.25, -0.2) is 0 Å². The van der Waals surface area contributed by atoms with Crippen molar-refractivity contribution in [1.82, 2.24) is 5.32 Å². The van der Waals surface area contributed by atoms with E-state index in [2.05, 4.69) is 25.2 Å². The summed E-state index contributed by atoms with van der Waals surface area (Å²) in [6.45, 7) is 4.48. The Kier molecular flexibility index (Phi) is 3.27. The molecule has 0 heterocycles. The zero-order chi connectivity index (χ0) is 10.9. The molecule has 2 unspecified atom stereocenters. The van der Waals surface area contributed by atoms with E-state index in [9.17, 15) is 5.26 Å². The predicted octanol–water partition coefficient (Wildman–Crippen LogP) is 2.69. The van der Waals surface area contributed by atoms with Gasteiger partial charge in [0.2, 0.25) is 0 Å². The number of nitriles is 1. The summed E-state index contributed by atoms with van der Waals surface area (Å²) in [5.74, 6) is 0. The lowest BCUT2D eigenvalue weighted by atomic mass is 10.00. The monoisotopic (exact) mass is 224 g/mol. The molecule has 84 valence electrons. The second-order valence-electron chi connectivity index (χ2n) is 5.16. The van der Waals surface area contributed by atoms with Gasteiger partial charge in [-0.1, -0.05) is 13.8 Å². The van der Waals surface area contributed by atoms with Crippen LogP contribution >= 0.6 is 11.8 Å². The molecule has 0 bridgehead atoms. The molecule has 2 aliphatic rings. The topological polar surface area (TPSA) is 35.8 Å². The Morgan fingerprint density at radius 1 is 1.40 bits per heavy atom. The van der Waals surface area contributed by atoms with Gasteiger partial charge in [0, 0.05) is 11.3 Å². The van der Waals surface area contributed by atoms with Crippen molar-refractivity contribution in [1.29, 1.82) is 5.26 Å². The molecule has 2 rings (SSSR count). The Labute approximate surface area is 96.8 Å². The molecular formula is C12H20N2S. The van der Waals surface area contributed by atoms with Gasteiger partial charge in [0.15, 0.2) is 0 Å². The van der Waals surface area contributed by atoms with Crippen LogP contribution in [0.2, 0.25) is 0 Å². The number of thioether (sulfide) groups is 1. The molecule has 2 saturated carbocycles. The fourth-order valence-corrected chi connectivity index (χ4v) is 3.79. The van der Waals surface area contributed by atoms with Gasteiger partial charge in [-0.3, -0.25) is 5.32 Å². The maximum Gasteiger partial charge on any atom is 0.108 e. The van der Waals surface area contributed by atoms with Crippen LogP contribution in [0, 0.1) is 11.3 Å². The molecule has 15 heavy (non-hydrogen) atoms. The summed E-state index contributed by atoms with van der Waals surface area (Å²) in [4.78, 5) is 0. The van der Waals surface area contributed by atoms with E-state index in [0.717, 1.165) is 12.8 Å². The minimum Gasteiger partial charge on any atom is -0.297 e. The van der Waals surface area contributed by atoms with Crippen molar-refractivity contribution in [2.45, 2.75) is 68.0 Å². The molecule has 2 aliphatic carbocycles. The van der Waals surface area contributed by atoms with Gasteiger partial charge in [-0.05, 0) is 37.4 Å². The first kappa shape index (κ1) is 11.3. The Hall–Kier alpha value is -0.200. The number of nitrogens with one attached hydrogen (secondary N) is 1. The molecule has 0 saturated heterocycles. The van der Waals surface area contributed by atoms with Gasteiger partial charge in [-0.2, -0.15) is 17.0 Å². The molecule has 2 fully saturated rings. The minimum atomic E-state index is -0.187. The van der Waals surface area contributed by atoms with Crippen LogP contribution in [-0.4, -0.2) is 22.1 Å². The quantitative estimate of drug-likeness (QED) is 0.797. The van der Waals surface area contributed by atoms with Crippen molar-refractivity contribution in [3.63, 3.8) is 0 Å². The van der Waals surface area contributed by atoms with Crippen LogP contribution in [0.4, 0.5) is 0 Å². The number of hydrogen-bond donors (Lipinski definition) is 1. The molecule has 0 amide bonds. The van der Waals surface area contributed by atoms with Crippen molar-refractivity contribution in [3.8, 4) is 6.07 Å². The Bertz CT molecular complexity index is 267. The Balaban J connectivity index is 1.89. The third kappa shape index (κ3) is 2.89. The maximum absolute atomic E-state index is 9.32. The van der Waals surface area contributed by atoms with Crippen LogP contribution in [0.15, 0.2) is 0 Å². The standard InChI is InChI=1S/C12H20N2S/c1-9(2)15-11-5-6-12(7-11,8-13)14-10-3-4-10/h9-11,14H,3-7H2,1-2H3. The van der Waals surface area contributed by atoms with Crippen LogP contribution in [0.25, 0.3) is 0 Å². The lowest BCUT2D eigenvalue weighted by Crippen LogP contribution is -2.43. The van der Waals surface area contributed by atoms with Gasteiger partial charge >= 0.3 is 0 Å². The summed E-state index contributed by atoms with van der Waals surface area (Å²) in [6, 6.07) is 3.17. The van der Waals surface area contributed by atoms with Crippen molar-refractivity contribution >= 4 is 11.8 Å².